The molecule has 0 saturated carbocycles. The first kappa shape index (κ1) is 32.6. The lowest BCUT2D eigenvalue weighted by atomic mass is 9.92. The van der Waals surface area contributed by atoms with Gasteiger partial charge in [0.2, 0.25) is 10.0 Å². The summed E-state index contributed by atoms with van der Waals surface area (Å²) in [7, 11) is -3.26. The molecule has 222 valence electrons. The molecule has 0 fully saturated rings. The fourth-order valence-electron chi connectivity index (χ4n) is 4.49. The molecule has 0 bridgehead atoms. The van der Waals surface area contributed by atoms with Gasteiger partial charge in [0.15, 0.2) is 0 Å². The summed E-state index contributed by atoms with van der Waals surface area (Å²) in [5, 5.41) is 0. The van der Waals surface area contributed by atoms with E-state index in [2.05, 4.69) is 104 Å². The van der Waals surface area contributed by atoms with Gasteiger partial charge in [-0.05, 0) is 121 Å². The molecule has 4 aromatic carbocycles. The van der Waals surface area contributed by atoms with E-state index in [9.17, 15) is 8.42 Å². The number of hydrogen-bond acceptors (Lipinski definition) is 6. The highest BCUT2D eigenvalue weighted by molar-refractivity contribution is 9.10. The van der Waals surface area contributed by atoms with Crippen LogP contribution < -0.4 is 18.9 Å². The Bertz CT molecular complexity index is 1660. The van der Waals surface area contributed by atoms with Gasteiger partial charge in [0, 0.05) is 13.1 Å². The molecule has 42 heavy (non-hydrogen) atoms. The van der Waals surface area contributed by atoms with Gasteiger partial charge in [-0.3, -0.25) is 4.72 Å². The van der Waals surface area contributed by atoms with E-state index in [1.54, 1.807) is 11.9 Å². The summed E-state index contributed by atoms with van der Waals surface area (Å²) < 4.78 is 42.7. The van der Waals surface area contributed by atoms with Crippen LogP contribution in [0.3, 0.4) is 0 Å². The molecule has 4 aromatic rings. The van der Waals surface area contributed by atoms with Crippen molar-refractivity contribution in [1.82, 2.24) is 9.44 Å². The Labute approximate surface area is 270 Å². The minimum atomic E-state index is -3.26. The molecule has 0 amide bonds. The van der Waals surface area contributed by atoms with E-state index in [4.69, 9.17) is 9.47 Å². The van der Waals surface area contributed by atoms with Crippen molar-refractivity contribution in [3.63, 3.8) is 0 Å². The van der Waals surface area contributed by atoms with E-state index in [1.165, 1.54) is 11.1 Å². The Morgan fingerprint density at radius 2 is 1.21 bits per heavy atom. The second-order valence-electron chi connectivity index (χ2n) is 9.90. The van der Waals surface area contributed by atoms with Crippen LogP contribution in [0.4, 0.5) is 0 Å². The summed E-state index contributed by atoms with van der Waals surface area (Å²) in [5.41, 5.74) is 8.89. The lowest BCUT2D eigenvalue weighted by molar-refractivity contribution is 0.303. The maximum atomic E-state index is 11.4. The highest BCUT2D eigenvalue weighted by Crippen LogP contribution is 2.33. The predicted molar refractivity (Wildman–Crippen MR) is 180 cm³/mol. The highest BCUT2D eigenvalue weighted by Gasteiger charge is 2.13. The van der Waals surface area contributed by atoms with Crippen LogP contribution >= 0.6 is 43.8 Å². The molecule has 10 heteroatoms. The number of nitrogens with one attached hydrogen (secondary N) is 2. The Morgan fingerprint density at radius 1 is 0.738 bits per heavy atom. The lowest BCUT2D eigenvalue weighted by Gasteiger charge is -2.17. The minimum absolute atomic E-state index is 0.224. The van der Waals surface area contributed by atoms with E-state index in [1.807, 2.05) is 30.5 Å². The number of rotatable bonds is 13. The molecule has 0 spiro atoms. The maximum absolute atomic E-state index is 11.4. The fraction of sp³-hybridized carbons (Fsp3) is 0.250. The number of sulfonamides is 1. The molecule has 0 unspecified atom stereocenters. The van der Waals surface area contributed by atoms with E-state index in [0.717, 1.165) is 60.9 Å². The third-order valence-electron chi connectivity index (χ3n) is 6.90. The van der Waals surface area contributed by atoms with Crippen molar-refractivity contribution >= 4 is 53.8 Å². The molecule has 2 N–H and O–H groups in total. The normalized spacial score (nSPS) is 11.5. The molecule has 4 rings (SSSR count). The van der Waals surface area contributed by atoms with E-state index >= 15 is 0 Å². The monoisotopic (exact) mass is 732 g/mol. The molecule has 0 aromatic heterocycles. The summed E-state index contributed by atoms with van der Waals surface area (Å²) in [6.07, 6.45) is 3.16. The molecule has 0 aliphatic rings. The van der Waals surface area contributed by atoms with Crippen LogP contribution in [0.25, 0.3) is 11.1 Å². The van der Waals surface area contributed by atoms with Crippen molar-refractivity contribution in [2.45, 2.75) is 40.2 Å². The standard InChI is InChI=1S/C32H34Br2N2O4S2/c1-21-25(19-39-31-13-11-23(15-29(31)33)17-35-41-3)7-5-9-27(21)28-10-6-8-26(22(28)2)20-40-32-14-12-24(16-30(32)34)18-36-42(4,37)38/h5-16,35-36H,17-20H2,1-4H3. The van der Waals surface area contributed by atoms with Gasteiger partial charge < -0.3 is 9.47 Å². The van der Waals surface area contributed by atoms with Crippen LogP contribution in [0.2, 0.25) is 0 Å². The van der Waals surface area contributed by atoms with Crippen molar-refractivity contribution in [2.75, 3.05) is 12.5 Å². The van der Waals surface area contributed by atoms with Crippen LogP contribution in [0, 0.1) is 13.8 Å². The van der Waals surface area contributed by atoms with Crippen LogP contribution in [0.5, 0.6) is 11.5 Å². The molecular formula is C32H34Br2N2O4S2. The van der Waals surface area contributed by atoms with Crippen LogP contribution in [0.1, 0.15) is 33.4 Å². The minimum Gasteiger partial charge on any atom is -0.488 e. The van der Waals surface area contributed by atoms with Crippen molar-refractivity contribution in [1.29, 1.82) is 0 Å². The SMILES string of the molecule is CSNCc1ccc(OCc2cccc(-c3cccc(COc4ccc(CNS(C)(=O)=O)cc4Br)c3C)c2C)c(Br)c1. The number of ether oxygens (including phenoxy) is 2. The molecule has 0 aliphatic carbocycles. The fourth-order valence-corrected chi connectivity index (χ4v) is 6.31. The van der Waals surface area contributed by atoms with Gasteiger partial charge >= 0.3 is 0 Å². The summed E-state index contributed by atoms with van der Waals surface area (Å²) in [5.74, 6) is 1.51. The first-order chi connectivity index (χ1) is 20.1. The lowest BCUT2D eigenvalue weighted by Crippen LogP contribution is -2.21. The quantitative estimate of drug-likeness (QED) is 0.136. The van der Waals surface area contributed by atoms with E-state index in [0.29, 0.717) is 19.0 Å². The summed E-state index contributed by atoms with van der Waals surface area (Å²) >= 11 is 8.81. The largest absolute Gasteiger partial charge is 0.488 e. The summed E-state index contributed by atoms with van der Waals surface area (Å²) in [6, 6.07) is 24.4. The number of hydrogen-bond donors (Lipinski definition) is 2. The second kappa shape index (κ2) is 14.9. The zero-order valence-corrected chi connectivity index (χ0v) is 28.8. The van der Waals surface area contributed by atoms with Gasteiger partial charge in [-0.15, -0.1) is 0 Å². The summed E-state index contributed by atoms with van der Waals surface area (Å²) in [6.45, 7) is 6.14. The molecule has 0 aliphatic heterocycles. The summed E-state index contributed by atoms with van der Waals surface area (Å²) in [4.78, 5) is 0. The number of benzene rings is 4. The van der Waals surface area contributed by atoms with Crippen molar-refractivity contribution < 1.29 is 17.9 Å². The predicted octanol–water partition coefficient (Wildman–Crippen LogP) is 8.07. The average Bonchev–Trinajstić information content (AvgIpc) is 2.95. The van der Waals surface area contributed by atoms with Crippen LogP contribution in [-0.4, -0.2) is 20.9 Å². The van der Waals surface area contributed by atoms with Crippen molar-refractivity contribution in [3.8, 4) is 22.6 Å². The Balaban J connectivity index is 1.46. The highest BCUT2D eigenvalue weighted by atomic mass is 79.9. The molecule has 0 saturated heterocycles. The van der Waals surface area contributed by atoms with Gasteiger partial charge in [-0.25, -0.2) is 13.1 Å². The smallest absolute Gasteiger partial charge is 0.209 e. The van der Waals surface area contributed by atoms with Gasteiger partial charge in [-0.1, -0.05) is 60.5 Å². The third-order valence-corrected chi connectivity index (χ3v) is 9.24. The first-order valence-electron chi connectivity index (χ1n) is 13.3. The molecule has 0 heterocycles. The Morgan fingerprint density at radius 3 is 1.64 bits per heavy atom. The molecule has 6 nitrogen and oxygen atoms in total. The van der Waals surface area contributed by atoms with Crippen molar-refractivity contribution in [3.05, 3.63) is 115 Å². The van der Waals surface area contributed by atoms with E-state index < -0.39 is 10.0 Å². The van der Waals surface area contributed by atoms with Crippen molar-refractivity contribution in [2.24, 2.45) is 0 Å². The van der Waals surface area contributed by atoms with Gasteiger partial charge in [-0.2, -0.15) is 0 Å². The molecule has 0 atom stereocenters. The molecular weight excluding hydrogens is 700 g/mol. The first-order valence-corrected chi connectivity index (χ1v) is 18.0. The van der Waals surface area contributed by atoms with Gasteiger partial charge in [0.1, 0.15) is 24.7 Å². The Hall–Kier alpha value is -2.34. The van der Waals surface area contributed by atoms with E-state index in [-0.39, 0.29) is 6.54 Å². The maximum Gasteiger partial charge on any atom is 0.209 e. The zero-order valence-electron chi connectivity index (χ0n) is 24.0. The van der Waals surface area contributed by atoms with Gasteiger partial charge in [0.05, 0.1) is 15.2 Å². The van der Waals surface area contributed by atoms with Crippen LogP contribution in [0.15, 0.2) is 81.7 Å². The molecule has 0 radical (unpaired) electrons. The van der Waals surface area contributed by atoms with Gasteiger partial charge in [0.25, 0.3) is 0 Å². The second-order valence-corrected chi connectivity index (χ2v) is 14.1. The Kier molecular flexibility index (Phi) is 11.6. The van der Waals surface area contributed by atoms with Crippen LogP contribution in [-0.2, 0) is 36.3 Å². The average molecular weight is 735 g/mol. The zero-order chi connectivity index (χ0) is 30.3. The topological polar surface area (TPSA) is 76.7 Å². The third kappa shape index (κ3) is 8.84. The number of halogens is 2.